The fourth-order valence-electron chi connectivity index (χ4n) is 2.87. The van der Waals surface area contributed by atoms with Gasteiger partial charge in [0, 0.05) is 45.2 Å². The minimum absolute atomic E-state index is 0.0194. The van der Waals surface area contributed by atoms with E-state index in [9.17, 15) is 4.79 Å². The number of nitrogens with zero attached hydrogens (tertiary/aromatic N) is 4. The van der Waals surface area contributed by atoms with Crippen LogP contribution in [-0.4, -0.2) is 58.7 Å². The zero-order valence-electron chi connectivity index (χ0n) is 14.1. The molecule has 0 aromatic carbocycles. The molecule has 0 aliphatic carbocycles. The van der Waals surface area contributed by atoms with Gasteiger partial charge in [0.1, 0.15) is 0 Å². The third-order valence-corrected chi connectivity index (χ3v) is 5.06. The Labute approximate surface area is 145 Å². The van der Waals surface area contributed by atoms with Crippen molar-refractivity contribution in [3.05, 3.63) is 34.1 Å². The highest BCUT2D eigenvalue weighted by molar-refractivity contribution is 7.07. The van der Waals surface area contributed by atoms with Crippen LogP contribution in [0.1, 0.15) is 30.2 Å². The molecular formula is C16H23N5O2S. The van der Waals surface area contributed by atoms with E-state index < -0.39 is 0 Å². The standard InChI is InChI=1S/C16H23N5O2S/c1-12(14-4-10-24-11-14)20-6-8-21(9-7-20)16(22)17-5-3-15-18-13(2)19-23-15/h4,10-12H,3,5-9H2,1-2H3,(H,17,22)/t12-/m1/s1. The Morgan fingerprint density at radius 2 is 2.21 bits per heavy atom. The third-order valence-electron chi connectivity index (χ3n) is 4.36. The first kappa shape index (κ1) is 16.9. The summed E-state index contributed by atoms with van der Waals surface area (Å²) in [5, 5.41) is 11.0. The van der Waals surface area contributed by atoms with Gasteiger partial charge in [-0.15, -0.1) is 0 Å². The number of hydrogen-bond acceptors (Lipinski definition) is 6. The second-order valence-electron chi connectivity index (χ2n) is 5.97. The summed E-state index contributed by atoms with van der Waals surface area (Å²) in [6, 6.07) is 2.56. The summed E-state index contributed by atoms with van der Waals surface area (Å²) >= 11 is 1.73. The van der Waals surface area contributed by atoms with Crippen LogP contribution in [0.5, 0.6) is 0 Å². The summed E-state index contributed by atoms with van der Waals surface area (Å²) in [6.45, 7) is 7.80. The van der Waals surface area contributed by atoms with Gasteiger partial charge in [0.15, 0.2) is 5.82 Å². The van der Waals surface area contributed by atoms with Crippen LogP contribution in [0.2, 0.25) is 0 Å². The minimum Gasteiger partial charge on any atom is -0.339 e. The summed E-state index contributed by atoms with van der Waals surface area (Å²) < 4.78 is 5.04. The van der Waals surface area contributed by atoms with E-state index in [-0.39, 0.29) is 6.03 Å². The number of aromatic nitrogens is 2. The fraction of sp³-hybridized carbons (Fsp3) is 0.562. The predicted octanol–water partition coefficient (Wildman–Crippen LogP) is 2.07. The minimum atomic E-state index is -0.0194. The maximum absolute atomic E-state index is 12.2. The van der Waals surface area contributed by atoms with Gasteiger partial charge in [0.25, 0.3) is 0 Å². The lowest BCUT2D eigenvalue weighted by Crippen LogP contribution is -2.52. The number of rotatable bonds is 5. The summed E-state index contributed by atoms with van der Waals surface area (Å²) in [7, 11) is 0. The summed E-state index contributed by atoms with van der Waals surface area (Å²) in [5.41, 5.74) is 1.35. The molecule has 0 spiro atoms. The normalized spacial score (nSPS) is 17.0. The first-order chi connectivity index (χ1) is 11.6. The molecule has 2 aromatic rings. The number of carbonyl (C=O) groups excluding carboxylic acids is 1. The van der Waals surface area contributed by atoms with E-state index in [4.69, 9.17) is 4.52 Å². The first-order valence-corrected chi connectivity index (χ1v) is 9.16. The van der Waals surface area contributed by atoms with E-state index in [1.165, 1.54) is 5.56 Å². The molecule has 2 amide bonds. The second kappa shape index (κ2) is 7.76. The lowest BCUT2D eigenvalue weighted by molar-refractivity contribution is 0.114. The average molecular weight is 349 g/mol. The summed E-state index contributed by atoms with van der Waals surface area (Å²) in [4.78, 5) is 20.6. The van der Waals surface area contributed by atoms with E-state index >= 15 is 0 Å². The van der Waals surface area contributed by atoms with Gasteiger partial charge in [-0.25, -0.2) is 4.79 Å². The highest BCUT2D eigenvalue weighted by atomic mass is 32.1. The van der Waals surface area contributed by atoms with Crippen LogP contribution in [0.15, 0.2) is 21.3 Å². The van der Waals surface area contributed by atoms with Crippen LogP contribution in [0.3, 0.4) is 0 Å². The molecular weight excluding hydrogens is 326 g/mol. The monoisotopic (exact) mass is 349 g/mol. The second-order valence-corrected chi connectivity index (χ2v) is 6.75. The van der Waals surface area contributed by atoms with Crippen LogP contribution < -0.4 is 5.32 Å². The molecule has 0 unspecified atom stereocenters. The molecule has 24 heavy (non-hydrogen) atoms. The van der Waals surface area contributed by atoms with Crippen molar-refractivity contribution in [2.24, 2.45) is 0 Å². The molecule has 0 radical (unpaired) electrons. The Morgan fingerprint density at radius 1 is 1.42 bits per heavy atom. The number of urea groups is 1. The number of aryl methyl sites for hydroxylation is 1. The maximum atomic E-state index is 12.2. The fourth-order valence-corrected chi connectivity index (χ4v) is 3.61. The van der Waals surface area contributed by atoms with E-state index in [0.717, 1.165) is 26.2 Å². The van der Waals surface area contributed by atoms with Gasteiger partial charge in [0.2, 0.25) is 5.89 Å². The number of amides is 2. The molecule has 2 aromatic heterocycles. The van der Waals surface area contributed by atoms with Crippen molar-refractivity contribution in [3.8, 4) is 0 Å². The van der Waals surface area contributed by atoms with Crippen molar-refractivity contribution in [2.75, 3.05) is 32.7 Å². The van der Waals surface area contributed by atoms with Crippen LogP contribution in [-0.2, 0) is 6.42 Å². The maximum Gasteiger partial charge on any atom is 0.317 e. The van der Waals surface area contributed by atoms with Crippen molar-refractivity contribution >= 4 is 17.4 Å². The third kappa shape index (κ3) is 4.12. The molecule has 0 saturated carbocycles. The van der Waals surface area contributed by atoms with Crippen molar-refractivity contribution in [3.63, 3.8) is 0 Å². The zero-order valence-corrected chi connectivity index (χ0v) is 14.9. The Kier molecular flexibility index (Phi) is 5.47. The van der Waals surface area contributed by atoms with Crippen molar-refractivity contribution in [2.45, 2.75) is 26.3 Å². The lowest BCUT2D eigenvalue weighted by atomic mass is 10.1. The van der Waals surface area contributed by atoms with E-state index in [2.05, 4.69) is 44.1 Å². The van der Waals surface area contributed by atoms with Gasteiger partial charge in [-0.2, -0.15) is 16.3 Å². The van der Waals surface area contributed by atoms with Crippen molar-refractivity contribution in [1.29, 1.82) is 0 Å². The molecule has 1 saturated heterocycles. The summed E-state index contributed by atoms with van der Waals surface area (Å²) in [5.74, 6) is 1.18. The number of hydrogen-bond donors (Lipinski definition) is 1. The van der Waals surface area contributed by atoms with Crippen LogP contribution in [0, 0.1) is 6.92 Å². The molecule has 7 nitrogen and oxygen atoms in total. The number of nitrogens with one attached hydrogen (secondary N) is 1. The number of piperazine rings is 1. The van der Waals surface area contributed by atoms with Crippen LogP contribution in [0.25, 0.3) is 0 Å². The van der Waals surface area contributed by atoms with Crippen LogP contribution >= 0.6 is 11.3 Å². The van der Waals surface area contributed by atoms with E-state index in [1.807, 2.05) is 4.90 Å². The Balaban J connectivity index is 1.40. The van der Waals surface area contributed by atoms with Gasteiger partial charge >= 0.3 is 6.03 Å². The van der Waals surface area contributed by atoms with Gasteiger partial charge in [-0.3, -0.25) is 4.90 Å². The molecule has 1 fully saturated rings. The largest absolute Gasteiger partial charge is 0.339 e. The molecule has 1 aliphatic heterocycles. The lowest BCUT2D eigenvalue weighted by Gasteiger charge is -2.37. The molecule has 8 heteroatoms. The van der Waals surface area contributed by atoms with Gasteiger partial charge in [-0.1, -0.05) is 5.16 Å². The topological polar surface area (TPSA) is 74.5 Å². The first-order valence-electron chi connectivity index (χ1n) is 8.21. The Bertz CT molecular complexity index is 649. The molecule has 1 N–H and O–H groups in total. The smallest absolute Gasteiger partial charge is 0.317 e. The van der Waals surface area contributed by atoms with Gasteiger partial charge in [0.05, 0.1) is 0 Å². The van der Waals surface area contributed by atoms with Gasteiger partial charge < -0.3 is 14.7 Å². The number of thiophene rings is 1. The molecule has 1 atom stereocenters. The molecule has 130 valence electrons. The predicted molar refractivity (Wildman–Crippen MR) is 92.0 cm³/mol. The highest BCUT2D eigenvalue weighted by Crippen LogP contribution is 2.23. The molecule has 0 bridgehead atoms. The van der Waals surface area contributed by atoms with E-state index in [0.29, 0.717) is 30.7 Å². The van der Waals surface area contributed by atoms with Gasteiger partial charge in [-0.05, 0) is 36.2 Å². The van der Waals surface area contributed by atoms with E-state index in [1.54, 1.807) is 18.3 Å². The van der Waals surface area contributed by atoms with Crippen molar-refractivity contribution in [1.82, 2.24) is 25.3 Å². The Hall–Kier alpha value is -1.93. The SMILES string of the molecule is Cc1noc(CCNC(=O)N2CCN([C@H](C)c3ccsc3)CC2)n1. The highest BCUT2D eigenvalue weighted by Gasteiger charge is 2.24. The number of carbonyl (C=O) groups is 1. The summed E-state index contributed by atoms with van der Waals surface area (Å²) in [6.07, 6.45) is 0.557. The molecule has 3 rings (SSSR count). The van der Waals surface area contributed by atoms with Crippen molar-refractivity contribution < 1.29 is 9.32 Å². The zero-order chi connectivity index (χ0) is 16.9. The quantitative estimate of drug-likeness (QED) is 0.894. The van der Waals surface area contributed by atoms with Crippen LogP contribution in [0.4, 0.5) is 4.79 Å². The molecule has 1 aliphatic rings. The Morgan fingerprint density at radius 3 is 2.83 bits per heavy atom. The molecule has 3 heterocycles. The average Bonchev–Trinajstić information content (AvgIpc) is 3.26.